The number of rotatable bonds is 9. The summed E-state index contributed by atoms with van der Waals surface area (Å²) in [6, 6.07) is 11.0. The third-order valence-electron chi connectivity index (χ3n) is 5.90. The van der Waals surface area contributed by atoms with Crippen molar-refractivity contribution >= 4 is 45.2 Å². The van der Waals surface area contributed by atoms with E-state index in [9.17, 15) is 9.59 Å². The molecule has 0 aliphatic carbocycles. The zero-order valence-electron chi connectivity index (χ0n) is 21.0. The van der Waals surface area contributed by atoms with Gasteiger partial charge in [0.1, 0.15) is 0 Å². The minimum atomic E-state index is -0.313. The number of carbonyl (C=O) groups excluding carboxylic acids is 2. The number of aromatic nitrogens is 3. The molecule has 0 aliphatic rings. The molecule has 2 N–H and O–H groups in total. The molecule has 0 spiro atoms. The van der Waals surface area contributed by atoms with E-state index >= 15 is 0 Å². The lowest BCUT2D eigenvalue weighted by molar-refractivity contribution is -0.113. The molecule has 0 saturated heterocycles. The summed E-state index contributed by atoms with van der Waals surface area (Å²) >= 11 is 4.85. The Hall–Kier alpha value is -2.65. The first-order chi connectivity index (χ1) is 16.6. The molecular formula is C26H32BrN5O2S. The number of hydrogen-bond acceptors (Lipinski definition) is 5. The number of aryl methyl sites for hydroxylation is 1. The summed E-state index contributed by atoms with van der Waals surface area (Å²) in [4.78, 5) is 25.6. The standard InChI is InChI=1S/C26H32BrN5O2S/c1-7-32-24(23(15(2)3)29-25(34)19-10-8-9-16(4)13-19)30-31-26(32)35-14-22(33)28-21-12-11-20(27)17(5)18(21)6/h8-13,15,23H,7,14H2,1-6H3,(H,28,33)(H,29,34)/t23-/m0/s1. The Morgan fingerprint density at radius 3 is 2.49 bits per heavy atom. The number of carbonyl (C=O) groups is 2. The maximum absolute atomic E-state index is 12.9. The van der Waals surface area contributed by atoms with Crippen molar-refractivity contribution in [3.63, 3.8) is 0 Å². The fourth-order valence-electron chi connectivity index (χ4n) is 3.71. The molecule has 35 heavy (non-hydrogen) atoms. The van der Waals surface area contributed by atoms with Crippen LogP contribution >= 0.6 is 27.7 Å². The minimum Gasteiger partial charge on any atom is -0.342 e. The van der Waals surface area contributed by atoms with E-state index in [1.165, 1.54) is 11.8 Å². The number of benzene rings is 2. The highest BCUT2D eigenvalue weighted by Crippen LogP contribution is 2.28. The van der Waals surface area contributed by atoms with Gasteiger partial charge in [-0.2, -0.15) is 0 Å². The van der Waals surface area contributed by atoms with E-state index in [1.807, 2.05) is 76.4 Å². The monoisotopic (exact) mass is 557 g/mol. The second-order valence-corrected chi connectivity index (χ2v) is 10.6. The van der Waals surface area contributed by atoms with E-state index in [2.05, 4.69) is 36.8 Å². The zero-order valence-corrected chi connectivity index (χ0v) is 23.4. The number of anilines is 1. The van der Waals surface area contributed by atoms with Crippen LogP contribution in [0.3, 0.4) is 0 Å². The van der Waals surface area contributed by atoms with Gasteiger partial charge in [-0.25, -0.2) is 0 Å². The van der Waals surface area contributed by atoms with Crippen LogP contribution in [0, 0.1) is 26.7 Å². The first-order valence-corrected chi connectivity index (χ1v) is 13.4. The Morgan fingerprint density at radius 1 is 1.09 bits per heavy atom. The second kappa shape index (κ2) is 11.9. The summed E-state index contributed by atoms with van der Waals surface area (Å²) in [5, 5.41) is 15.5. The molecule has 0 radical (unpaired) electrons. The van der Waals surface area contributed by atoms with Crippen LogP contribution in [-0.2, 0) is 11.3 Å². The predicted octanol–water partition coefficient (Wildman–Crippen LogP) is 5.84. The Balaban J connectivity index is 1.72. The third kappa shape index (κ3) is 6.52. The van der Waals surface area contributed by atoms with Crippen LogP contribution < -0.4 is 10.6 Å². The number of thioether (sulfide) groups is 1. The van der Waals surface area contributed by atoms with E-state index in [4.69, 9.17) is 0 Å². The first kappa shape index (κ1) is 26.9. The van der Waals surface area contributed by atoms with Crippen LogP contribution in [-0.4, -0.2) is 32.3 Å². The van der Waals surface area contributed by atoms with Crippen molar-refractivity contribution in [2.75, 3.05) is 11.1 Å². The topological polar surface area (TPSA) is 88.9 Å². The van der Waals surface area contributed by atoms with Gasteiger partial charge in [0.05, 0.1) is 11.8 Å². The van der Waals surface area contributed by atoms with Crippen LogP contribution in [0.4, 0.5) is 5.69 Å². The van der Waals surface area contributed by atoms with E-state index < -0.39 is 0 Å². The largest absolute Gasteiger partial charge is 0.342 e. The molecule has 0 aliphatic heterocycles. The van der Waals surface area contributed by atoms with E-state index in [0.717, 1.165) is 26.9 Å². The summed E-state index contributed by atoms with van der Waals surface area (Å²) in [6.07, 6.45) is 0. The van der Waals surface area contributed by atoms with Gasteiger partial charge in [-0.1, -0.05) is 59.2 Å². The maximum atomic E-state index is 12.9. The molecule has 3 aromatic rings. The highest BCUT2D eigenvalue weighted by atomic mass is 79.9. The molecule has 3 rings (SSSR count). The lowest BCUT2D eigenvalue weighted by atomic mass is 10.0. The summed E-state index contributed by atoms with van der Waals surface area (Å²) in [6.45, 7) is 12.7. The Bertz CT molecular complexity index is 1220. The van der Waals surface area contributed by atoms with Crippen LogP contribution in [0.25, 0.3) is 0 Å². The van der Waals surface area contributed by atoms with Gasteiger partial charge in [0.2, 0.25) is 5.91 Å². The van der Waals surface area contributed by atoms with Crippen LogP contribution in [0.15, 0.2) is 46.0 Å². The summed E-state index contributed by atoms with van der Waals surface area (Å²) in [5.74, 6) is 0.732. The van der Waals surface area contributed by atoms with Crippen LogP contribution in [0.2, 0.25) is 0 Å². The highest BCUT2D eigenvalue weighted by Gasteiger charge is 2.26. The van der Waals surface area contributed by atoms with Gasteiger partial charge >= 0.3 is 0 Å². The maximum Gasteiger partial charge on any atom is 0.251 e. The molecule has 0 saturated carbocycles. The molecule has 9 heteroatoms. The summed E-state index contributed by atoms with van der Waals surface area (Å²) in [5.41, 5.74) is 4.57. The Kier molecular flexibility index (Phi) is 9.13. The molecule has 0 bridgehead atoms. The van der Waals surface area contributed by atoms with Crippen molar-refractivity contribution in [2.45, 2.75) is 59.3 Å². The quantitative estimate of drug-likeness (QED) is 0.322. The molecule has 1 aromatic heterocycles. The first-order valence-electron chi connectivity index (χ1n) is 11.6. The lowest BCUT2D eigenvalue weighted by Gasteiger charge is -2.22. The Morgan fingerprint density at radius 2 is 1.83 bits per heavy atom. The smallest absolute Gasteiger partial charge is 0.251 e. The van der Waals surface area contributed by atoms with Crippen LogP contribution in [0.1, 0.15) is 59.7 Å². The van der Waals surface area contributed by atoms with Crippen molar-refractivity contribution in [1.82, 2.24) is 20.1 Å². The average molecular weight is 559 g/mol. The second-order valence-electron chi connectivity index (χ2n) is 8.83. The van der Waals surface area contributed by atoms with E-state index in [0.29, 0.717) is 23.1 Å². The molecule has 2 amide bonds. The van der Waals surface area contributed by atoms with Crippen molar-refractivity contribution in [1.29, 1.82) is 0 Å². The number of nitrogens with zero attached hydrogens (tertiary/aromatic N) is 3. The summed E-state index contributed by atoms with van der Waals surface area (Å²) < 4.78 is 2.98. The number of hydrogen-bond donors (Lipinski definition) is 2. The fraction of sp³-hybridized carbons (Fsp3) is 0.385. The molecule has 0 fully saturated rings. The highest BCUT2D eigenvalue weighted by molar-refractivity contribution is 9.10. The van der Waals surface area contributed by atoms with Crippen molar-refractivity contribution in [3.05, 3.63) is 68.9 Å². The van der Waals surface area contributed by atoms with Crippen LogP contribution in [0.5, 0.6) is 0 Å². The average Bonchev–Trinajstić information content (AvgIpc) is 3.23. The molecule has 7 nitrogen and oxygen atoms in total. The van der Waals surface area contributed by atoms with Crippen molar-refractivity contribution in [2.24, 2.45) is 5.92 Å². The van der Waals surface area contributed by atoms with Crippen molar-refractivity contribution in [3.8, 4) is 0 Å². The van der Waals surface area contributed by atoms with Gasteiger partial charge in [-0.05, 0) is 69.0 Å². The predicted molar refractivity (Wildman–Crippen MR) is 145 cm³/mol. The normalized spacial score (nSPS) is 12.0. The fourth-order valence-corrected chi connectivity index (χ4v) is 4.95. The number of amides is 2. The molecule has 0 unspecified atom stereocenters. The van der Waals surface area contributed by atoms with E-state index in [-0.39, 0.29) is 29.5 Å². The molecule has 186 valence electrons. The van der Waals surface area contributed by atoms with Crippen molar-refractivity contribution < 1.29 is 9.59 Å². The molecule has 1 heterocycles. The van der Waals surface area contributed by atoms with Gasteiger partial charge < -0.3 is 15.2 Å². The van der Waals surface area contributed by atoms with Gasteiger partial charge in [-0.3, -0.25) is 9.59 Å². The third-order valence-corrected chi connectivity index (χ3v) is 7.73. The van der Waals surface area contributed by atoms with Gasteiger partial charge in [0.25, 0.3) is 5.91 Å². The SMILES string of the molecule is CCn1c(SCC(=O)Nc2ccc(Br)c(C)c2C)nnc1[C@@H](NC(=O)c1cccc(C)c1)C(C)C. The van der Waals surface area contributed by atoms with E-state index in [1.54, 1.807) is 6.07 Å². The van der Waals surface area contributed by atoms with Gasteiger partial charge in [-0.15, -0.1) is 10.2 Å². The molecular weight excluding hydrogens is 526 g/mol. The van der Waals surface area contributed by atoms with Gasteiger partial charge in [0.15, 0.2) is 11.0 Å². The lowest BCUT2D eigenvalue weighted by Crippen LogP contribution is -2.33. The number of nitrogens with one attached hydrogen (secondary N) is 2. The van der Waals surface area contributed by atoms with Gasteiger partial charge in [0, 0.05) is 22.3 Å². The Labute approximate surface area is 219 Å². The molecule has 2 aromatic carbocycles. The minimum absolute atomic E-state index is 0.100. The number of halogens is 1. The summed E-state index contributed by atoms with van der Waals surface area (Å²) in [7, 11) is 0. The zero-order chi connectivity index (χ0) is 25.7. The molecule has 1 atom stereocenters.